The van der Waals surface area contributed by atoms with Crippen LogP contribution in [0.1, 0.15) is 27.7 Å². The molecule has 0 bridgehead atoms. The first-order valence-corrected chi connectivity index (χ1v) is 9.42. The molecular formula is C18H21ClN4O8. The van der Waals surface area contributed by atoms with Gasteiger partial charge < -0.3 is 23.5 Å². The summed E-state index contributed by atoms with van der Waals surface area (Å²) in [6.07, 6.45) is -1.09. The molecule has 2 heterocycles. The number of hydrogen-bond donors (Lipinski definition) is 0. The predicted molar refractivity (Wildman–Crippen MR) is 104 cm³/mol. The van der Waals surface area contributed by atoms with E-state index in [1.54, 1.807) is 0 Å². The van der Waals surface area contributed by atoms with Crippen molar-refractivity contribution in [2.24, 2.45) is 0 Å². The van der Waals surface area contributed by atoms with Crippen LogP contribution in [0, 0.1) is 0 Å². The van der Waals surface area contributed by atoms with Crippen molar-refractivity contribution in [1.29, 1.82) is 0 Å². The summed E-state index contributed by atoms with van der Waals surface area (Å²) >= 11 is 6.01. The Morgan fingerprint density at radius 3 is 2.10 bits per heavy atom. The van der Waals surface area contributed by atoms with Gasteiger partial charge in [-0.05, 0) is 0 Å². The number of imidazole rings is 1. The number of carbonyl (C=O) groups excluding carboxylic acids is 4. The molecule has 0 aromatic carbocycles. The predicted octanol–water partition coefficient (Wildman–Crippen LogP) is 0.838. The monoisotopic (exact) mass is 456 g/mol. The van der Waals surface area contributed by atoms with Crippen LogP contribution in [0.4, 0.5) is 0 Å². The summed E-state index contributed by atoms with van der Waals surface area (Å²) in [5.74, 6) is -2.78. The SMILES string of the molecule is CC(=O)OC[C@@H](OC(C)=O)[C@@H](OC(C)=O)[C@H](Cn1cnc2c(Cl)ncnc21)OC(C)=O. The number of esters is 4. The maximum Gasteiger partial charge on any atom is 0.303 e. The number of aromatic nitrogens is 4. The Bertz CT molecular complexity index is 979. The van der Waals surface area contributed by atoms with Crippen LogP contribution in [0.15, 0.2) is 12.7 Å². The number of halogens is 1. The molecule has 2 aromatic rings. The third-order valence-corrected chi connectivity index (χ3v) is 4.13. The fourth-order valence-corrected chi connectivity index (χ4v) is 2.97. The van der Waals surface area contributed by atoms with Gasteiger partial charge in [0.15, 0.2) is 29.1 Å². The van der Waals surface area contributed by atoms with Crippen LogP contribution in [0.2, 0.25) is 5.15 Å². The van der Waals surface area contributed by atoms with Crippen LogP contribution in [-0.2, 0) is 44.7 Å². The van der Waals surface area contributed by atoms with Crippen molar-refractivity contribution in [2.75, 3.05) is 6.61 Å². The highest BCUT2D eigenvalue weighted by Crippen LogP contribution is 2.21. The third-order valence-electron chi connectivity index (χ3n) is 3.85. The lowest BCUT2D eigenvalue weighted by Crippen LogP contribution is -2.49. The van der Waals surface area contributed by atoms with Crippen molar-refractivity contribution in [3.05, 3.63) is 17.8 Å². The average Bonchev–Trinajstić information content (AvgIpc) is 3.06. The maximum absolute atomic E-state index is 11.8. The molecule has 0 spiro atoms. The Balaban J connectivity index is 2.44. The highest BCUT2D eigenvalue weighted by atomic mass is 35.5. The lowest BCUT2D eigenvalue weighted by molar-refractivity contribution is -0.190. The molecule has 0 aliphatic carbocycles. The lowest BCUT2D eigenvalue weighted by Gasteiger charge is -2.31. The van der Waals surface area contributed by atoms with Gasteiger partial charge in [0.1, 0.15) is 18.5 Å². The molecule has 0 saturated heterocycles. The quantitative estimate of drug-likeness (QED) is 0.300. The summed E-state index contributed by atoms with van der Waals surface area (Å²) in [5, 5.41) is 0.122. The van der Waals surface area contributed by atoms with Gasteiger partial charge in [-0.2, -0.15) is 0 Å². The van der Waals surface area contributed by atoms with E-state index in [4.69, 9.17) is 30.5 Å². The molecule has 0 aliphatic rings. The molecule has 0 fully saturated rings. The van der Waals surface area contributed by atoms with Gasteiger partial charge in [-0.3, -0.25) is 19.2 Å². The molecule has 31 heavy (non-hydrogen) atoms. The molecule has 3 atom stereocenters. The third kappa shape index (κ3) is 6.88. The standard InChI is InChI=1S/C18H21ClN4O8/c1-9(24)28-6-14(30-11(3)26)16(31-12(4)27)13(29-10(2)25)5-23-8-22-15-17(19)20-7-21-18(15)23/h7-8,13-14,16H,5-6H2,1-4H3/t13-,14+,16-/m0/s1. The van der Waals surface area contributed by atoms with Crippen molar-refractivity contribution in [3.63, 3.8) is 0 Å². The highest BCUT2D eigenvalue weighted by Gasteiger charge is 2.38. The van der Waals surface area contributed by atoms with Crippen molar-refractivity contribution in [1.82, 2.24) is 19.5 Å². The number of ether oxygens (including phenoxy) is 4. The minimum absolute atomic E-state index is 0.0980. The molecular weight excluding hydrogens is 436 g/mol. The van der Waals surface area contributed by atoms with E-state index in [0.717, 1.165) is 27.7 Å². The van der Waals surface area contributed by atoms with Gasteiger partial charge in [-0.1, -0.05) is 11.6 Å². The van der Waals surface area contributed by atoms with Crippen molar-refractivity contribution >= 4 is 46.6 Å². The number of rotatable bonds is 9. The van der Waals surface area contributed by atoms with E-state index >= 15 is 0 Å². The minimum atomic E-state index is -1.31. The first-order chi connectivity index (χ1) is 14.6. The Morgan fingerprint density at radius 2 is 1.52 bits per heavy atom. The second-order valence-corrected chi connectivity index (χ2v) is 6.76. The first kappa shape index (κ1) is 24.0. The molecule has 0 saturated carbocycles. The molecule has 2 aromatic heterocycles. The molecule has 12 nitrogen and oxygen atoms in total. The smallest absolute Gasteiger partial charge is 0.303 e. The Kier molecular flexibility index (Phi) is 8.25. The van der Waals surface area contributed by atoms with Crippen molar-refractivity contribution in [2.45, 2.75) is 52.6 Å². The molecule has 168 valence electrons. The highest BCUT2D eigenvalue weighted by molar-refractivity contribution is 6.33. The second-order valence-electron chi connectivity index (χ2n) is 6.41. The zero-order valence-corrected chi connectivity index (χ0v) is 18.0. The number of carbonyl (C=O) groups is 4. The van der Waals surface area contributed by atoms with Crippen LogP contribution in [-0.4, -0.2) is 68.3 Å². The summed E-state index contributed by atoms with van der Waals surface area (Å²) in [4.78, 5) is 58.5. The molecule has 13 heteroatoms. The zero-order chi connectivity index (χ0) is 23.1. The largest absolute Gasteiger partial charge is 0.462 e. The molecule has 0 amide bonds. The van der Waals surface area contributed by atoms with E-state index in [0.29, 0.717) is 11.2 Å². The van der Waals surface area contributed by atoms with E-state index < -0.39 is 48.8 Å². The molecule has 0 unspecified atom stereocenters. The van der Waals surface area contributed by atoms with Crippen LogP contribution >= 0.6 is 11.6 Å². The van der Waals surface area contributed by atoms with Gasteiger partial charge in [0.05, 0.1) is 12.9 Å². The first-order valence-electron chi connectivity index (χ1n) is 9.04. The Labute approximate surface area is 181 Å². The summed E-state index contributed by atoms with van der Waals surface area (Å²) in [7, 11) is 0. The van der Waals surface area contributed by atoms with Crippen LogP contribution in [0.3, 0.4) is 0 Å². The zero-order valence-electron chi connectivity index (χ0n) is 17.2. The number of hydrogen-bond acceptors (Lipinski definition) is 11. The minimum Gasteiger partial charge on any atom is -0.462 e. The topological polar surface area (TPSA) is 149 Å². The van der Waals surface area contributed by atoms with Gasteiger partial charge in [-0.15, -0.1) is 0 Å². The van der Waals surface area contributed by atoms with Crippen LogP contribution in [0.5, 0.6) is 0 Å². The van der Waals surface area contributed by atoms with E-state index in [2.05, 4.69) is 15.0 Å². The van der Waals surface area contributed by atoms with E-state index in [-0.39, 0.29) is 11.7 Å². The van der Waals surface area contributed by atoms with Gasteiger partial charge in [-0.25, -0.2) is 15.0 Å². The lowest BCUT2D eigenvalue weighted by atomic mass is 10.1. The number of nitrogens with zero attached hydrogens (tertiary/aromatic N) is 4. The van der Waals surface area contributed by atoms with E-state index in [9.17, 15) is 19.2 Å². The van der Waals surface area contributed by atoms with E-state index in [1.807, 2.05) is 0 Å². The molecule has 0 N–H and O–H groups in total. The van der Waals surface area contributed by atoms with Gasteiger partial charge in [0, 0.05) is 27.7 Å². The summed E-state index contributed by atoms with van der Waals surface area (Å²) in [5.41, 5.74) is 0.647. The summed E-state index contributed by atoms with van der Waals surface area (Å²) in [6, 6.07) is 0. The summed E-state index contributed by atoms with van der Waals surface area (Å²) in [6.45, 7) is 4.07. The Morgan fingerprint density at radius 1 is 0.903 bits per heavy atom. The second kappa shape index (κ2) is 10.7. The van der Waals surface area contributed by atoms with Crippen LogP contribution < -0.4 is 0 Å². The maximum atomic E-state index is 11.8. The Hall–Kier alpha value is -3.28. The average molecular weight is 457 g/mol. The van der Waals surface area contributed by atoms with E-state index in [1.165, 1.54) is 17.2 Å². The molecule has 2 rings (SSSR count). The molecule has 0 aliphatic heterocycles. The fourth-order valence-electron chi connectivity index (χ4n) is 2.79. The normalized spacial score (nSPS) is 13.7. The summed E-state index contributed by atoms with van der Waals surface area (Å²) < 4.78 is 22.3. The molecule has 0 radical (unpaired) electrons. The van der Waals surface area contributed by atoms with Crippen molar-refractivity contribution < 1.29 is 38.1 Å². The van der Waals surface area contributed by atoms with Gasteiger partial charge in [0.2, 0.25) is 0 Å². The van der Waals surface area contributed by atoms with Crippen molar-refractivity contribution in [3.8, 4) is 0 Å². The van der Waals surface area contributed by atoms with Crippen LogP contribution in [0.25, 0.3) is 11.2 Å². The number of fused-ring (bicyclic) bond motifs is 1. The fraction of sp³-hybridized carbons (Fsp3) is 0.500. The van der Waals surface area contributed by atoms with Gasteiger partial charge in [0.25, 0.3) is 0 Å². The van der Waals surface area contributed by atoms with Gasteiger partial charge >= 0.3 is 23.9 Å².